The van der Waals surface area contributed by atoms with Crippen LogP contribution in [0.3, 0.4) is 0 Å². The fourth-order valence-corrected chi connectivity index (χ4v) is 2.77. The van der Waals surface area contributed by atoms with Crippen molar-refractivity contribution >= 4 is 11.6 Å². The summed E-state index contributed by atoms with van der Waals surface area (Å²) in [6, 6.07) is 16.5. The lowest BCUT2D eigenvalue weighted by Crippen LogP contribution is -2.17. The topological polar surface area (TPSA) is 76.3 Å². The van der Waals surface area contributed by atoms with Gasteiger partial charge in [-0.2, -0.15) is 5.26 Å². The van der Waals surface area contributed by atoms with E-state index < -0.39 is 0 Å². The molecular weight excluding hydrogens is 342 g/mol. The Morgan fingerprint density at radius 1 is 1.04 bits per heavy atom. The van der Waals surface area contributed by atoms with Crippen LogP contribution in [0.15, 0.2) is 54.7 Å². The fraction of sp³-hybridized carbons (Fsp3) is 0.143. The van der Waals surface area contributed by atoms with Crippen LogP contribution in [0.25, 0.3) is 5.69 Å². The average molecular weight is 361 g/mol. The molecular formula is C21H19N3O3. The Hall–Kier alpha value is -3.72. The number of nitriles is 1. The third kappa shape index (κ3) is 3.62. The standard InChI is InChI=1S/C21H19N3O3/c1-14-4-6-16(7-5-14)23-21(25)20-15(13-22)10-11-24(20)17-8-9-18(26-2)19(12-17)27-3/h4-12H,1-3H3,(H,23,25). The van der Waals surface area contributed by atoms with Crippen LogP contribution >= 0.6 is 0 Å². The molecule has 6 heteroatoms. The van der Waals surface area contributed by atoms with Crippen molar-refractivity contribution in [1.82, 2.24) is 4.57 Å². The summed E-state index contributed by atoms with van der Waals surface area (Å²) in [7, 11) is 3.10. The molecule has 0 spiro atoms. The molecule has 0 aliphatic carbocycles. The maximum Gasteiger partial charge on any atom is 0.274 e. The fourth-order valence-electron chi connectivity index (χ4n) is 2.77. The van der Waals surface area contributed by atoms with E-state index >= 15 is 0 Å². The van der Waals surface area contributed by atoms with E-state index in [9.17, 15) is 10.1 Å². The number of benzene rings is 2. The Kier molecular flexibility index (Phi) is 5.13. The van der Waals surface area contributed by atoms with E-state index in [-0.39, 0.29) is 17.2 Å². The molecule has 0 radical (unpaired) electrons. The summed E-state index contributed by atoms with van der Waals surface area (Å²) in [6.45, 7) is 1.97. The summed E-state index contributed by atoms with van der Waals surface area (Å²) in [5.74, 6) is 0.752. The van der Waals surface area contributed by atoms with E-state index in [1.165, 1.54) is 0 Å². The van der Waals surface area contributed by atoms with E-state index in [0.29, 0.717) is 22.9 Å². The van der Waals surface area contributed by atoms with Crippen molar-refractivity contribution in [3.05, 3.63) is 71.5 Å². The van der Waals surface area contributed by atoms with Crippen LogP contribution in [0, 0.1) is 18.3 Å². The van der Waals surface area contributed by atoms with Gasteiger partial charge in [0.25, 0.3) is 5.91 Å². The van der Waals surface area contributed by atoms with Gasteiger partial charge >= 0.3 is 0 Å². The van der Waals surface area contributed by atoms with Crippen molar-refractivity contribution in [3.8, 4) is 23.3 Å². The van der Waals surface area contributed by atoms with Crippen molar-refractivity contribution in [2.45, 2.75) is 6.92 Å². The predicted molar refractivity (Wildman–Crippen MR) is 103 cm³/mol. The lowest BCUT2D eigenvalue weighted by molar-refractivity contribution is 0.102. The van der Waals surface area contributed by atoms with Gasteiger partial charge in [0.1, 0.15) is 11.8 Å². The number of carbonyl (C=O) groups is 1. The summed E-state index contributed by atoms with van der Waals surface area (Å²) in [4.78, 5) is 12.9. The van der Waals surface area contributed by atoms with E-state index in [0.717, 1.165) is 5.56 Å². The monoisotopic (exact) mass is 361 g/mol. The second-order valence-corrected chi connectivity index (χ2v) is 5.92. The number of methoxy groups -OCH3 is 2. The molecule has 1 N–H and O–H groups in total. The Balaban J connectivity index is 2.01. The van der Waals surface area contributed by atoms with Crippen LogP contribution in [0.2, 0.25) is 0 Å². The zero-order chi connectivity index (χ0) is 19.4. The van der Waals surface area contributed by atoms with Gasteiger partial charge in [-0.15, -0.1) is 0 Å². The molecule has 0 fully saturated rings. The smallest absolute Gasteiger partial charge is 0.274 e. The average Bonchev–Trinajstić information content (AvgIpc) is 3.13. The van der Waals surface area contributed by atoms with Gasteiger partial charge in [0.2, 0.25) is 0 Å². The molecule has 0 aliphatic heterocycles. The van der Waals surface area contributed by atoms with Gasteiger partial charge in [0.05, 0.1) is 19.8 Å². The molecule has 1 heterocycles. The summed E-state index contributed by atoms with van der Waals surface area (Å²) < 4.78 is 12.2. The van der Waals surface area contributed by atoms with Crippen molar-refractivity contribution < 1.29 is 14.3 Å². The van der Waals surface area contributed by atoms with Crippen LogP contribution in [-0.4, -0.2) is 24.7 Å². The first kappa shape index (κ1) is 18.1. The number of ether oxygens (including phenoxy) is 2. The molecule has 27 heavy (non-hydrogen) atoms. The molecule has 0 saturated carbocycles. The summed E-state index contributed by atoms with van der Waals surface area (Å²) in [6.07, 6.45) is 1.68. The van der Waals surface area contributed by atoms with Gasteiger partial charge in [-0.25, -0.2) is 0 Å². The number of amides is 1. The molecule has 0 bridgehead atoms. The number of anilines is 1. The van der Waals surface area contributed by atoms with Crippen molar-refractivity contribution in [2.75, 3.05) is 19.5 Å². The number of aryl methyl sites for hydroxylation is 1. The highest BCUT2D eigenvalue weighted by Crippen LogP contribution is 2.30. The van der Waals surface area contributed by atoms with Gasteiger partial charge in [0, 0.05) is 23.6 Å². The van der Waals surface area contributed by atoms with E-state index in [2.05, 4.69) is 11.4 Å². The molecule has 3 aromatic rings. The molecule has 0 aliphatic rings. The number of rotatable bonds is 5. The third-order valence-corrected chi connectivity index (χ3v) is 4.18. The van der Waals surface area contributed by atoms with Gasteiger partial charge in [0.15, 0.2) is 11.5 Å². The first-order chi connectivity index (χ1) is 13.1. The number of hydrogen-bond acceptors (Lipinski definition) is 4. The second-order valence-electron chi connectivity index (χ2n) is 5.92. The summed E-state index contributed by atoms with van der Waals surface area (Å²) >= 11 is 0. The largest absolute Gasteiger partial charge is 0.493 e. The lowest BCUT2D eigenvalue weighted by atomic mass is 10.2. The van der Waals surface area contributed by atoms with E-state index in [1.54, 1.807) is 49.2 Å². The molecule has 0 atom stereocenters. The molecule has 1 amide bonds. The molecule has 0 saturated heterocycles. The van der Waals surface area contributed by atoms with Gasteiger partial charge in [-0.1, -0.05) is 17.7 Å². The number of aromatic nitrogens is 1. The minimum Gasteiger partial charge on any atom is -0.493 e. The highest BCUT2D eigenvalue weighted by molar-refractivity contribution is 6.05. The normalized spacial score (nSPS) is 10.1. The number of hydrogen-bond donors (Lipinski definition) is 1. The minimum absolute atomic E-state index is 0.255. The van der Waals surface area contributed by atoms with E-state index in [4.69, 9.17) is 9.47 Å². The number of carbonyl (C=O) groups excluding carboxylic acids is 1. The first-order valence-corrected chi connectivity index (χ1v) is 8.29. The zero-order valence-electron chi connectivity index (χ0n) is 15.3. The van der Waals surface area contributed by atoms with E-state index in [1.807, 2.05) is 31.2 Å². The summed E-state index contributed by atoms with van der Waals surface area (Å²) in [5, 5.41) is 12.3. The SMILES string of the molecule is COc1ccc(-n2ccc(C#N)c2C(=O)Nc2ccc(C)cc2)cc1OC. The van der Waals surface area contributed by atoms with Gasteiger partial charge in [-0.05, 0) is 37.3 Å². The van der Waals surface area contributed by atoms with Crippen molar-refractivity contribution in [3.63, 3.8) is 0 Å². The van der Waals surface area contributed by atoms with Crippen LogP contribution in [0.1, 0.15) is 21.6 Å². The Labute approximate surface area is 157 Å². The molecule has 3 rings (SSSR count). The lowest BCUT2D eigenvalue weighted by Gasteiger charge is -2.13. The molecule has 1 aromatic heterocycles. The zero-order valence-corrected chi connectivity index (χ0v) is 15.3. The highest BCUT2D eigenvalue weighted by atomic mass is 16.5. The molecule has 136 valence electrons. The number of nitrogens with one attached hydrogen (secondary N) is 1. The molecule has 6 nitrogen and oxygen atoms in total. The van der Waals surface area contributed by atoms with Crippen LogP contribution in [-0.2, 0) is 0 Å². The first-order valence-electron chi connectivity index (χ1n) is 8.29. The highest BCUT2D eigenvalue weighted by Gasteiger charge is 2.19. The van der Waals surface area contributed by atoms with Crippen molar-refractivity contribution in [1.29, 1.82) is 5.26 Å². The van der Waals surface area contributed by atoms with Gasteiger partial charge < -0.3 is 19.4 Å². The second kappa shape index (κ2) is 7.67. The third-order valence-electron chi connectivity index (χ3n) is 4.18. The molecule has 0 unspecified atom stereocenters. The van der Waals surface area contributed by atoms with Crippen molar-refractivity contribution in [2.24, 2.45) is 0 Å². The Morgan fingerprint density at radius 2 is 1.74 bits per heavy atom. The Bertz CT molecular complexity index is 1010. The Morgan fingerprint density at radius 3 is 2.37 bits per heavy atom. The maximum absolute atomic E-state index is 12.9. The molecule has 2 aromatic carbocycles. The predicted octanol–water partition coefficient (Wildman–Crippen LogP) is 3.93. The maximum atomic E-state index is 12.9. The van der Waals surface area contributed by atoms with Crippen LogP contribution < -0.4 is 14.8 Å². The van der Waals surface area contributed by atoms with Crippen LogP contribution in [0.5, 0.6) is 11.5 Å². The summed E-state index contributed by atoms with van der Waals surface area (Å²) in [5.41, 5.74) is 2.98. The van der Waals surface area contributed by atoms with Crippen LogP contribution in [0.4, 0.5) is 5.69 Å². The minimum atomic E-state index is -0.366. The van der Waals surface area contributed by atoms with Gasteiger partial charge in [-0.3, -0.25) is 4.79 Å². The quantitative estimate of drug-likeness (QED) is 0.747. The number of nitrogens with zero attached hydrogens (tertiary/aromatic N) is 2.